The molecule has 7 heteroatoms. The van der Waals surface area contributed by atoms with Crippen molar-refractivity contribution in [2.24, 2.45) is 0 Å². The molecule has 25 heavy (non-hydrogen) atoms. The van der Waals surface area contributed by atoms with E-state index in [1.54, 1.807) is 37.5 Å². The zero-order valence-electron chi connectivity index (χ0n) is 14.0. The summed E-state index contributed by atoms with van der Waals surface area (Å²) in [6.45, 7) is 0. The number of methoxy groups -OCH3 is 3. The fourth-order valence-electron chi connectivity index (χ4n) is 2.27. The van der Waals surface area contributed by atoms with Gasteiger partial charge < -0.3 is 14.2 Å². The van der Waals surface area contributed by atoms with Crippen molar-refractivity contribution in [2.75, 3.05) is 21.3 Å². The highest BCUT2D eigenvalue weighted by Gasteiger charge is 2.22. The topological polar surface area (TPSA) is 94.6 Å². The Morgan fingerprint density at radius 3 is 2.16 bits per heavy atom. The van der Waals surface area contributed by atoms with E-state index in [0.717, 1.165) is 0 Å². The summed E-state index contributed by atoms with van der Waals surface area (Å²) in [7, 11) is 4.37. The third-order valence-corrected chi connectivity index (χ3v) is 3.54. The molecule has 0 radical (unpaired) electrons. The van der Waals surface area contributed by atoms with Crippen molar-refractivity contribution in [1.29, 1.82) is 5.26 Å². The maximum atomic E-state index is 11.4. The predicted molar refractivity (Wildman–Crippen MR) is 92.7 cm³/mol. The summed E-state index contributed by atoms with van der Waals surface area (Å²) in [5.74, 6) is 1.20. The predicted octanol–water partition coefficient (Wildman–Crippen LogP) is 3.68. The molecule has 7 nitrogen and oxygen atoms in total. The van der Waals surface area contributed by atoms with Gasteiger partial charge >= 0.3 is 0 Å². The second-order valence-electron chi connectivity index (χ2n) is 4.92. The Morgan fingerprint density at radius 1 is 1.08 bits per heavy atom. The van der Waals surface area contributed by atoms with Crippen LogP contribution in [0, 0.1) is 21.4 Å². The third-order valence-electron chi connectivity index (χ3n) is 3.54. The normalized spacial score (nSPS) is 10.7. The lowest BCUT2D eigenvalue weighted by Gasteiger charge is -2.10. The molecule has 0 aromatic heterocycles. The summed E-state index contributed by atoms with van der Waals surface area (Å²) in [5.41, 5.74) is 0.763. The molecule has 0 amide bonds. The van der Waals surface area contributed by atoms with Gasteiger partial charge in [0, 0.05) is 0 Å². The molecule has 2 aromatic carbocycles. The second-order valence-corrected chi connectivity index (χ2v) is 4.92. The van der Waals surface area contributed by atoms with Gasteiger partial charge in [-0.25, -0.2) is 0 Å². The molecule has 0 atom stereocenters. The number of nitrogens with zero attached hydrogens (tertiary/aromatic N) is 2. The van der Waals surface area contributed by atoms with E-state index in [9.17, 15) is 15.4 Å². The van der Waals surface area contributed by atoms with Gasteiger partial charge in [0.25, 0.3) is 5.69 Å². The minimum atomic E-state index is -0.559. The second kappa shape index (κ2) is 7.84. The smallest absolute Gasteiger partial charge is 0.281 e. The Morgan fingerprint density at radius 2 is 1.68 bits per heavy atom. The maximum absolute atomic E-state index is 11.4. The lowest BCUT2D eigenvalue weighted by Crippen LogP contribution is -1.98. The first-order valence-corrected chi connectivity index (χ1v) is 7.20. The van der Waals surface area contributed by atoms with Crippen LogP contribution in [0.1, 0.15) is 11.1 Å². The molecule has 128 valence electrons. The number of ether oxygens (including phenoxy) is 3. The highest BCUT2D eigenvalue weighted by atomic mass is 16.6. The van der Waals surface area contributed by atoms with Gasteiger partial charge in [-0.2, -0.15) is 5.26 Å². The third kappa shape index (κ3) is 3.87. The Bertz CT molecular complexity index is 851. The van der Waals surface area contributed by atoms with E-state index >= 15 is 0 Å². The molecular weight excluding hydrogens is 324 g/mol. The van der Waals surface area contributed by atoms with Crippen LogP contribution in [0.5, 0.6) is 17.2 Å². The van der Waals surface area contributed by atoms with Gasteiger partial charge in [0.2, 0.25) is 0 Å². The monoisotopic (exact) mass is 340 g/mol. The van der Waals surface area contributed by atoms with Gasteiger partial charge in [-0.05, 0) is 29.8 Å². The fourth-order valence-corrected chi connectivity index (χ4v) is 2.27. The number of allylic oxidation sites excluding steroid dienone is 1. The van der Waals surface area contributed by atoms with Gasteiger partial charge in [-0.1, -0.05) is 12.1 Å². The summed E-state index contributed by atoms with van der Waals surface area (Å²) in [6, 6.07) is 11.7. The van der Waals surface area contributed by atoms with Crippen molar-refractivity contribution >= 4 is 17.3 Å². The molecular formula is C18H16N2O5. The summed E-state index contributed by atoms with van der Waals surface area (Å²) in [5, 5.41) is 20.9. The lowest BCUT2D eigenvalue weighted by atomic mass is 10.0. The Labute approximate surface area is 144 Å². The maximum Gasteiger partial charge on any atom is 0.281 e. The number of nitriles is 1. The lowest BCUT2D eigenvalue weighted by molar-refractivity contribution is -0.385. The molecule has 2 rings (SSSR count). The number of nitro benzene ring substituents is 1. The summed E-state index contributed by atoms with van der Waals surface area (Å²) in [6.07, 6.45) is 1.56. The largest absolute Gasteiger partial charge is 0.497 e. The molecule has 0 aliphatic heterocycles. The molecule has 0 aliphatic carbocycles. The highest BCUT2D eigenvalue weighted by Crippen LogP contribution is 2.38. The van der Waals surface area contributed by atoms with Crippen LogP contribution in [-0.2, 0) is 0 Å². The van der Waals surface area contributed by atoms with Crippen molar-refractivity contribution < 1.29 is 19.1 Å². The molecule has 0 aliphatic rings. The molecule has 0 saturated heterocycles. The number of nitro groups is 1. The Balaban J connectivity index is 2.60. The quantitative estimate of drug-likeness (QED) is 0.344. The van der Waals surface area contributed by atoms with Crippen LogP contribution in [-0.4, -0.2) is 26.3 Å². The van der Waals surface area contributed by atoms with Crippen LogP contribution in [0.3, 0.4) is 0 Å². The van der Waals surface area contributed by atoms with Crippen LogP contribution in [0.15, 0.2) is 36.4 Å². The van der Waals surface area contributed by atoms with Crippen molar-refractivity contribution in [3.63, 3.8) is 0 Å². The number of rotatable bonds is 6. The zero-order valence-corrected chi connectivity index (χ0v) is 14.0. The van der Waals surface area contributed by atoms with E-state index in [-0.39, 0.29) is 22.6 Å². The average Bonchev–Trinajstić information content (AvgIpc) is 2.65. The van der Waals surface area contributed by atoms with Crippen LogP contribution in [0.2, 0.25) is 0 Å². The van der Waals surface area contributed by atoms with Crippen molar-refractivity contribution in [2.45, 2.75) is 0 Å². The van der Waals surface area contributed by atoms with Crippen molar-refractivity contribution in [1.82, 2.24) is 0 Å². The minimum Gasteiger partial charge on any atom is -0.497 e. The molecule has 0 spiro atoms. The van der Waals surface area contributed by atoms with Crippen LogP contribution >= 0.6 is 0 Å². The fraction of sp³-hybridized carbons (Fsp3) is 0.167. The molecule has 0 heterocycles. The van der Waals surface area contributed by atoms with Gasteiger partial charge in [0.1, 0.15) is 11.8 Å². The molecule has 2 aromatic rings. The molecule has 0 unspecified atom stereocenters. The average molecular weight is 340 g/mol. The number of hydrogen-bond acceptors (Lipinski definition) is 6. The minimum absolute atomic E-state index is 0.137. The van der Waals surface area contributed by atoms with Gasteiger partial charge in [-0.3, -0.25) is 10.1 Å². The van der Waals surface area contributed by atoms with E-state index in [0.29, 0.717) is 17.1 Å². The zero-order chi connectivity index (χ0) is 18.4. The standard InChI is InChI=1S/C18H16N2O5/c1-23-14-6-4-12(5-7-14)8-13(11-19)15-9-17(24-2)18(25-3)10-16(15)20(21)22/h4-10H,1-3H3/b13-8+. The Hall–Kier alpha value is -3.53. The SMILES string of the molecule is COc1ccc(/C=C(\C#N)c2cc(OC)c(OC)cc2[N+](=O)[O-])cc1. The first-order valence-electron chi connectivity index (χ1n) is 7.20. The van der Waals surface area contributed by atoms with Gasteiger partial charge in [0.05, 0.1) is 43.5 Å². The van der Waals surface area contributed by atoms with E-state index in [4.69, 9.17) is 14.2 Å². The molecule has 0 bridgehead atoms. The highest BCUT2D eigenvalue weighted by molar-refractivity contribution is 5.93. The summed E-state index contributed by atoms with van der Waals surface area (Å²) >= 11 is 0. The van der Waals surface area contributed by atoms with E-state index < -0.39 is 4.92 Å². The Kier molecular flexibility index (Phi) is 5.58. The van der Waals surface area contributed by atoms with Gasteiger partial charge in [0.15, 0.2) is 11.5 Å². The number of hydrogen-bond donors (Lipinski definition) is 0. The van der Waals surface area contributed by atoms with Crippen LogP contribution in [0.25, 0.3) is 11.6 Å². The van der Waals surface area contributed by atoms with E-state index in [1.165, 1.54) is 26.4 Å². The van der Waals surface area contributed by atoms with E-state index in [2.05, 4.69) is 0 Å². The van der Waals surface area contributed by atoms with Crippen molar-refractivity contribution in [3.05, 3.63) is 57.6 Å². The van der Waals surface area contributed by atoms with Crippen LogP contribution < -0.4 is 14.2 Å². The first-order chi connectivity index (χ1) is 12.0. The molecule has 0 N–H and O–H groups in total. The van der Waals surface area contributed by atoms with Gasteiger partial charge in [-0.15, -0.1) is 0 Å². The van der Waals surface area contributed by atoms with E-state index in [1.807, 2.05) is 6.07 Å². The summed E-state index contributed by atoms with van der Waals surface area (Å²) < 4.78 is 15.4. The number of benzene rings is 2. The molecule has 0 saturated carbocycles. The molecule has 0 fully saturated rings. The van der Waals surface area contributed by atoms with Crippen molar-refractivity contribution in [3.8, 4) is 23.3 Å². The summed E-state index contributed by atoms with van der Waals surface area (Å²) in [4.78, 5) is 10.8. The first kappa shape index (κ1) is 17.8. The van der Waals surface area contributed by atoms with Crippen LogP contribution in [0.4, 0.5) is 5.69 Å².